The Morgan fingerprint density at radius 1 is 1.24 bits per heavy atom. The van der Waals surface area contributed by atoms with Crippen molar-refractivity contribution >= 4 is 12.1 Å². The molecule has 0 rings (SSSR count). The molecule has 5 N–H and O–H groups in total. The third kappa shape index (κ3) is 8.90. The smallest absolute Gasteiger partial charge is 0.189 e. The number of hydrogen-bond donors (Lipinski definition) is 5. The molecule has 0 amide bonds. The van der Waals surface area contributed by atoms with Crippen molar-refractivity contribution in [1.29, 1.82) is 0 Å². The van der Waals surface area contributed by atoms with Crippen LogP contribution >= 0.6 is 0 Å². The second-order valence-corrected chi connectivity index (χ2v) is 3.27. The van der Waals surface area contributed by atoms with Crippen LogP contribution in [0.1, 0.15) is 19.8 Å². The topological polar surface area (TPSA) is 135 Å². The molecule has 0 spiro atoms. The van der Waals surface area contributed by atoms with Gasteiger partial charge < -0.3 is 30.3 Å². The average molecular weight is 252 g/mol. The summed E-state index contributed by atoms with van der Waals surface area (Å²) in [6.07, 6.45) is -2.61. The molecule has 17 heavy (non-hydrogen) atoms. The maximum atomic E-state index is 10.5. The van der Waals surface area contributed by atoms with Crippen LogP contribution in [-0.2, 0) is 9.59 Å². The number of carbonyl (C=O) groups is 2. The van der Waals surface area contributed by atoms with E-state index in [1.54, 1.807) is 0 Å². The molecule has 0 aromatic carbocycles. The van der Waals surface area contributed by atoms with E-state index in [0.717, 1.165) is 12.7 Å². The first-order chi connectivity index (χ1) is 7.95. The molecular weight excluding hydrogens is 232 g/mol. The summed E-state index contributed by atoms with van der Waals surface area (Å²) in [5.74, 6) is -1.00. The highest BCUT2D eigenvalue weighted by Crippen LogP contribution is 2.00. The number of aldehydes is 1. The maximum Gasteiger partial charge on any atom is 0.189 e. The predicted octanol–water partition coefficient (Wildman–Crippen LogP) is -2.39. The van der Waals surface area contributed by atoms with Crippen LogP contribution in [0.4, 0.5) is 0 Å². The minimum Gasteiger partial charge on any atom is -0.394 e. The summed E-state index contributed by atoms with van der Waals surface area (Å²) in [4.78, 5) is 19.9. The number of hydrogen-bond acceptors (Lipinski definition) is 7. The number of unbranched alkanes of at least 4 members (excludes halogenated alkanes) is 1. The molecule has 0 aliphatic rings. The third-order valence-corrected chi connectivity index (χ3v) is 1.80. The highest BCUT2D eigenvalue weighted by molar-refractivity contribution is 5.84. The summed E-state index contributed by atoms with van der Waals surface area (Å²) in [6, 6.07) is 0. The molecule has 0 aromatic heterocycles. The Balaban J connectivity index is 0. The summed E-state index contributed by atoms with van der Waals surface area (Å²) in [6.45, 7) is 0.293. The SMILES string of the molecule is CCCC=O.O=C(CO)[C@H](O)[C@@H](O)[C@H](O)CO. The van der Waals surface area contributed by atoms with Gasteiger partial charge in [-0.05, 0) is 6.42 Å². The fourth-order valence-electron chi connectivity index (χ4n) is 0.720. The van der Waals surface area contributed by atoms with Gasteiger partial charge in [0.1, 0.15) is 31.2 Å². The molecule has 7 heteroatoms. The Labute approximate surface area is 99.3 Å². The van der Waals surface area contributed by atoms with Crippen LogP contribution in [0.25, 0.3) is 0 Å². The van der Waals surface area contributed by atoms with Gasteiger partial charge in [-0.15, -0.1) is 0 Å². The van der Waals surface area contributed by atoms with E-state index in [1.807, 2.05) is 6.92 Å². The van der Waals surface area contributed by atoms with Crippen molar-refractivity contribution in [2.45, 2.75) is 38.1 Å². The standard InChI is InChI=1S/C6H12O6.C4H8O/c7-1-3(9)5(11)6(12)4(10)2-8;1-2-3-4-5/h3,5-9,11-12H,1-2H2;4H,2-3H2,1H3/t3-,5+,6+;/m1./s1. The van der Waals surface area contributed by atoms with Gasteiger partial charge >= 0.3 is 0 Å². The highest BCUT2D eigenvalue weighted by atomic mass is 16.4. The van der Waals surface area contributed by atoms with Gasteiger partial charge in [-0.3, -0.25) is 4.79 Å². The third-order valence-electron chi connectivity index (χ3n) is 1.80. The summed E-state index contributed by atoms with van der Waals surface area (Å²) in [5, 5.41) is 43.1. The lowest BCUT2D eigenvalue weighted by atomic mass is 10.1. The van der Waals surface area contributed by atoms with Crippen LogP contribution in [0.15, 0.2) is 0 Å². The molecule has 0 aliphatic carbocycles. The Kier molecular flexibility index (Phi) is 12.6. The van der Waals surface area contributed by atoms with E-state index in [9.17, 15) is 9.59 Å². The van der Waals surface area contributed by atoms with Crippen LogP contribution in [0, 0.1) is 0 Å². The van der Waals surface area contributed by atoms with Gasteiger partial charge in [0.05, 0.1) is 6.61 Å². The van der Waals surface area contributed by atoms with Gasteiger partial charge in [0.25, 0.3) is 0 Å². The number of ketones is 1. The molecule has 0 aliphatic heterocycles. The van der Waals surface area contributed by atoms with Crippen molar-refractivity contribution in [3.8, 4) is 0 Å². The van der Waals surface area contributed by atoms with Crippen LogP contribution in [0.2, 0.25) is 0 Å². The summed E-state index contributed by atoms with van der Waals surface area (Å²) >= 11 is 0. The normalized spacial score (nSPS) is 15.2. The molecular formula is C10H20O7. The van der Waals surface area contributed by atoms with E-state index in [-0.39, 0.29) is 0 Å². The van der Waals surface area contributed by atoms with Crippen molar-refractivity contribution in [1.82, 2.24) is 0 Å². The van der Waals surface area contributed by atoms with Gasteiger partial charge in [0.15, 0.2) is 5.78 Å². The Morgan fingerprint density at radius 3 is 2.00 bits per heavy atom. The second kappa shape index (κ2) is 11.6. The summed E-state index contributed by atoms with van der Waals surface area (Å²) in [5.41, 5.74) is 0. The van der Waals surface area contributed by atoms with Crippen molar-refractivity contribution in [3.63, 3.8) is 0 Å². The van der Waals surface area contributed by atoms with E-state index in [2.05, 4.69) is 0 Å². The predicted molar refractivity (Wildman–Crippen MR) is 58.2 cm³/mol. The molecule has 0 aromatic rings. The van der Waals surface area contributed by atoms with Crippen molar-refractivity contribution < 1.29 is 35.1 Å². The molecule has 7 nitrogen and oxygen atoms in total. The van der Waals surface area contributed by atoms with Gasteiger partial charge in [-0.1, -0.05) is 6.92 Å². The molecule has 0 heterocycles. The maximum absolute atomic E-state index is 10.5. The second-order valence-electron chi connectivity index (χ2n) is 3.27. The van der Waals surface area contributed by atoms with E-state index >= 15 is 0 Å². The van der Waals surface area contributed by atoms with Crippen molar-refractivity contribution in [2.75, 3.05) is 13.2 Å². The Morgan fingerprint density at radius 2 is 1.76 bits per heavy atom. The zero-order valence-electron chi connectivity index (χ0n) is 9.69. The first-order valence-corrected chi connectivity index (χ1v) is 5.18. The largest absolute Gasteiger partial charge is 0.394 e. The lowest BCUT2D eigenvalue weighted by molar-refractivity contribution is -0.142. The molecule has 0 fully saturated rings. The molecule has 0 saturated carbocycles. The lowest BCUT2D eigenvalue weighted by Gasteiger charge is -2.19. The van der Waals surface area contributed by atoms with Crippen LogP contribution in [0.3, 0.4) is 0 Å². The first kappa shape index (κ1) is 18.5. The van der Waals surface area contributed by atoms with Gasteiger partial charge in [0.2, 0.25) is 0 Å². The molecule has 3 atom stereocenters. The van der Waals surface area contributed by atoms with E-state index in [0.29, 0.717) is 6.42 Å². The van der Waals surface area contributed by atoms with Crippen molar-refractivity contribution in [3.05, 3.63) is 0 Å². The number of aliphatic hydroxyl groups excluding tert-OH is 5. The monoisotopic (exact) mass is 252 g/mol. The van der Waals surface area contributed by atoms with Gasteiger partial charge in [0, 0.05) is 6.42 Å². The van der Waals surface area contributed by atoms with Crippen LogP contribution in [0.5, 0.6) is 0 Å². The van der Waals surface area contributed by atoms with Crippen molar-refractivity contribution in [2.24, 2.45) is 0 Å². The molecule has 0 bridgehead atoms. The first-order valence-electron chi connectivity index (χ1n) is 5.18. The number of aliphatic hydroxyl groups is 5. The zero-order valence-corrected chi connectivity index (χ0v) is 9.69. The summed E-state index contributed by atoms with van der Waals surface area (Å²) in [7, 11) is 0. The molecule has 0 saturated heterocycles. The van der Waals surface area contributed by atoms with E-state index < -0.39 is 37.3 Å². The highest BCUT2D eigenvalue weighted by Gasteiger charge is 2.28. The number of Topliss-reactive ketones (excluding diaryl/α,β-unsaturated/α-hetero) is 1. The minimum absolute atomic E-state index is 0.708. The van der Waals surface area contributed by atoms with Crippen LogP contribution in [-0.4, -0.2) is 69.1 Å². The Hall–Kier alpha value is -0.860. The van der Waals surface area contributed by atoms with E-state index in [4.69, 9.17) is 25.5 Å². The van der Waals surface area contributed by atoms with Gasteiger partial charge in [-0.2, -0.15) is 0 Å². The fourth-order valence-corrected chi connectivity index (χ4v) is 0.720. The summed E-state index contributed by atoms with van der Waals surface area (Å²) < 4.78 is 0. The average Bonchev–Trinajstić information content (AvgIpc) is 2.36. The Bertz CT molecular complexity index is 207. The zero-order chi connectivity index (χ0) is 13.8. The van der Waals surface area contributed by atoms with E-state index in [1.165, 1.54) is 0 Å². The number of carbonyl (C=O) groups excluding carboxylic acids is 2. The minimum atomic E-state index is -1.86. The molecule has 0 radical (unpaired) electrons. The lowest BCUT2D eigenvalue weighted by Crippen LogP contribution is -2.44. The molecule has 0 unspecified atom stereocenters. The number of rotatable bonds is 7. The fraction of sp³-hybridized carbons (Fsp3) is 0.800. The van der Waals surface area contributed by atoms with Crippen LogP contribution < -0.4 is 0 Å². The quantitative estimate of drug-likeness (QED) is 0.319. The molecule has 102 valence electrons. The van der Waals surface area contributed by atoms with Gasteiger partial charge in [-0.25, -0.2) is 0 Å².